The summed E-state index contributed by atoms with van der Waals surface area (Å²) >= 11 is 0. The van der Waals surface area contributed by atoms with E-state index in [0.717, 1.165) is 31.4 Å². The van der Waals surface area contributed by atoms with Crippen LogP contribution in [0.1, 0.15) is 31.4 Å². The van der Waals surface area contributed by atoms with Crippen molar-refractivity contribution in [2.24, 2.45) is 0 Å². The van der Waals surface area contributed by atoms with E-state index in [2.05, 4.69) is 9.97 Å². The largest absolute Gasteiger partial charge is 0.481 e. The molecule has 4 nitrogen and oxygen atoms in total. The normalized spacial score (nSPS) is 9.43. The summed E-state index contributed by atoms with van der Waals surface area (Å²) in [6.07, 6.45) is 7.14. The first-order chi connectivity index (χ1) is 6.29. The van der Waals surface area contributed by atoms with Gasteiger partial charge in [-0.1, -0.05) is 24.6 Å². The Bertz CT molecular complexity index is 249. The van der Waals surface area contributed by atoms with Crippen LogP contribution < -0.4 is 4.98 Å². The van der Waals surface area contributed by atoms with Gasteiger partial charge >= 0.3 is 5.97 Å². The molecule has 0 unspecified atom stereocenters. The third-order valence-electron chi connectivity index (χ3n) is 1.84. The van der Waals surface area contributed by atoms with Crippen molar-refractivity contribution in [1.82, 2.24) is 9.97 Å². The standard InChI is InChI=1S/C9H14N2O2.Pd/c12-9(13)5-3-1-2-4-8-6-10-7-11-8;/h6-7H,1-5H2,(H2,10,11,12,13);/p-1. The molecule has 82 valence electrons. The van der Waals surface area contributed by atoms with Gasteiger partial charge in [0.25, 0.3) is 0 Å². The first kappa shape index (κ1) is 13.3. The molecule has 1 aromatic heterocycles. The molecule has 0 radical (unpaired) electrons. The fourth-order valence-corrected chi connectivity index (χ4v) is 1.15. The maximum Gasteiger partial charge on any atom is 0.303 e. The molecule has 0 aromatic carbocycles. The summed E-state index contributed by atoms with van der Waals surface area (Å²) in [6, 6.07) is 0. The van der Waals surface area contributed by atoms with Crippen molar-refractivity contribution in [2.45, 2.75) is 32.1 Å². The predicted molar refractivity (Wildman–Crippen MR) is 47.4 cm³/mol. The molecule has 0 atom stereocenters. The molecule has 1 N–H and O–H groups in total. The zero-order valence-electron chi connectivity index (χ0n) is 7.76. The van der Waals surface area contributed by atoms with E-state index < -0.39 is 5.97 Å². The van der Waals surface area contributed by atoms with Gasteiger partial charge < -0.3 is 15.1 Å². The Morgan fingerprint density at radius 2 is 2.21 bits per heavy atom. The summed E-state index contributed by atoms with van der Waals surface area (Å²) in [7, 11) is 0. The van der Waals surface area contributed by atoms with Crippen LogP contribution in [0.4, 0.5) is 0 Å². The van der Waals surface area contributed by atoms with Crippen LogP contribution in [0.2, 0.25) is 0 Å². The van der Waals surface area contributed by atoms with Gasteiger partial charge in [0.05, 0.1) is 0 Å². The fourth-order valence-electron chi connectivity index (χ4n) is 1.15. The molecule has 1 heterocycles. The fraction of sp³-hybridized carbons (Fsp3) is 0.556. The molecule has 0 aliphatic rings. The van der Waals surface area contributed by atoms with E-state index in [9.17, 15) is 4.79 Å². The molecule has 0 bridgehead atoms. The Morgan fingerprint density at radius 3 is 2.79 bits per heavy atom. The molecule has 0 fully saturated rings. The number of rotatable bonds is 6. The summed E-state index contributed by atoms with van der Waals surface area (Å²) in [6.45, 7) is 0. The van der Waals surface area contributed by atoms with Crippen molar-refractivity contribution in [3.8, 4) is 0 Å². The zero-order chi connectivity index (χ0) is 9.52. The Hall–Kier alpha value is -0.658. The Labute approximate surface area is 96.8 Å². The minimum atomic E-state index is -0.715. The third kappa shape index (κ3) is 5.90. The van der Waals surface area contributed by atoms with Crippen molar-refractivity contribution in [3.63, 3.8) is 0 Å². The Morgan fingerprint density at radius 1 is 1.43 bits per heavy atom. The molecule has 1 aromatic rings. The molecule has 0 spiro atoms. The molecular formula is C9H13N2O2Pd-. The second kappa shape index (κ2) is 7.72. The number of hydrogen-bond acceptors (Lipinski definition) is 2. The van der Waals surface area contributed by atoms with Gasteiger partial charge in [0.15, 0.2) is 0 Å². The van der Waals surface area contributed by atoms with Crippen molar-refractivity contribution >= 4 is 5.97 Å². The molecule has 0 saturated heterocycles. The topological polar surface area (TPSA) is 64.3 Å². The molecule has 0 aliphatic carbocycles. The average Bonchev–Trinajstić information content (AvgIpc) is 2.55. The van der Waals surface area contributed by atoms with E-state index in [1.165, 1.54) is 6.33 Å². The smallest absolute Gasteiger partial charge is 0.303 e. The maximum absolute atomic E-state index is 10.2. The first-order valence-electron chi connectivity index (χ1n) is 4.42. The van der Waals surface area contributed by atoms with Crippen LogP contribution in [0.5, 0.6) is 0 Å². The SMILES string of the molecule is O=C(O)CCCCCc1c[n-]cn1.[Pd]. The van der Waals surface area contributed by atoms with Crippen LogP contribution in [0.25, 0.3) is 0 Å². The van der Waals surface area contributed by atoms with Crippen LogP contribution in [0.15, 0.2) is 12.5 Å². The van der Waals surface area contributed by atoms with Crippen LogP contribution in [0, 0.1) is 0 Å². The molecule has 0 aliphatic heterocycles. The average molecular weight is 288 g/mol. The molecule has 0 amide bonds. The van der Waals surface area contributed by atoms with E-state index in [1.54, 1.807) is 6.20 Å². The van der Waals surface area contributed by atoms with Crippen LogP contribution >= 0.6 is 0 Å². The van der Waals surface area contributed by atoms with Crippen LogP contribution in [-0.4, -0.2) is 16.1 Å². The molecule has 1 rings (SSSR count). The van der Waals surface area contributed by atoms with E-state index >= 15 is 0 Å². The second-order valence-electron chi connectivity index (χ2n) is 2.97. The predicted octanol–water partition coefficient (Wildman–Crippen LogP) is 1.22. The van der Waals surface area contributed by atoms with Gasteiger partial charge in [0, 0.05) is 26.8 Å². The van der Waals surface area contributed by atoms with Gasteiger partial charge in [-0.25, -0.2) is 0 Å². The molecule has 0 saturated carbocycles. The number of aryl methyl sites for hydroxylation is 1. The zero-order valence-corrected chi connectivity index (χ0v) is 9.31. The number of aliphatic carboxylic acids is 1. The van der Waals surface area contributed by atoms with Crippen molar-refractivity contribution in [1.29, 1.82) is 0 Å². The minimum absolute atomic E-state index is 0. The minimum Gasteiger partial charge on any atom is -0.481 e. The van der Waals surface area contributed by atoms with E-state index in [0.29, 0.717) is 0 Å². The third-order valence-corrected chi connectivity index (χ3v) is 1.84. The molecular weight excluding hydrogens is 275 g/mol. The summed E-state index contributed by atoms with van der Waals surface area (Å²) in [4.78, 5) is 18.0. The molecule has 14 heavy (non-hydrogen) atoms. The monoisotopic (exact) mass is 287 g/mol. The summed E-state index contributed by atoms with van der Waals surface area (Å²) in [5, 5.41) is 8.37. The number of unbranched alkanes of at least 4 members (excludes halogenated alkanes) is 2. The maximum atomic E-state index is 10.2. The summed E-state index contributed by atoms with van der Waals surface area (Å²) in [5.41, 5.74) is 0.996. The number of imidazole rings is 1. The van der Waals surface area contributed by atoms with Gasteiger partial charge in [0.2, 0.25) is 0 Å². The van der Waals surface area contributed by atoms with Crippen LogP contribution in [0.3, 0.4) is 0 Å². The van der Waals surface area contributed by atoms with Gasteiger partial charge in [-0.3, -0.25) is 4.79 Å². The Balaban J connectivity index is 0.00000169. The number of carboxylic acids is 1. The molecule has 5 heteroatoms. The van der Waals surface area contributed by atoms with Crippen molar-refractivity contribution in [2.75, 3.05) is 0 Å². The quantitative estimate of drug-likeness (QED) is 0.631. The summed E-state index contributed by atoms with van der Waals surface area (Å²) < 4.78 is 0. The number of carboxylic acid groups (broad SMARTS) is 1. The second-order valence-corrected chi connectivity index (χ2v) is 2.97. The van der Waals surface area contributed by atoms with Crippen molar-refractivity contribution < 1.29 is 30.3 Å². The van der Waals surface area contributed by atoms with Gasteiger partial charge in [0.1, 0.15) is 0 Å². The number of hydrogen-bond donors (Lipinski definition) is 1. The van der Waals surface area contributed by atoms with Crippen LogP contribution in [-0.2, 0) is 31.6 Å². The Kier molecular flexibility index (Phi) is 7.36. The van der Waals surface area contributed by atoms with E-state index in [4.69, 9.17) is 5.11 Å². The van der Waals surface area contributed by atoms with Gasteiger partial charge in [-0.05, 0) is 19.3 Å². The van der Waals surface area contributed by atoms with E-state index in [1.807, 2.05) is 0 Å². The van der Waals surface area contributed by atoms with Gasteiger partial charge in [-0.2, -0.15) is 0 Å². The number of nitrogens with zero attached hydrogens (tertiary/aromatic N) is 2. The number of carbonyl (C=O) groups is 1. The summed E-state index contributed by atoms with van der Waals surface area (Å²) in [5.74, 6) is -0.715. The number of aromatic nitrogens is 2. The first-order valence-corrected chi connectivity index (χ1v) is 4.42. The van der Waals surface area contributed by atoms with Gasteiger partial charge in [-0.15, -0.1) is 0 Å². The van der Waals surface area contributed by atoms with Crippen molar-refractivity contribution in [3.05, 3.63) is 18.2 Å². The van der Waals surface area contributed by atoms with E-state index in [-0.39, 0.29) is 26.8 Å².